The Balaban J connectivity index is 2.06. The second-order valence-electron chi connectivity index (χ2n) is 3.87. The van der Waals surface area contributed by atoms with Gasteiger partial charge in [0.1, 0.15) is 5.82 Å². The topological polar surface area (TPSA) is 62.7 Å². The molecule has 0 aliphatic heterocycles. The van der Waals surface area contributed by atoms with Crippen molar-refractivity contribution in [3.63, 3.8) is 0 Å². The van der Waals surface area contributed by atoms with Gasteiger partial charge in [-0.15, -0.1) is 11.3 Å². The molecule has 9 heteroatoms. The number of halogens is 3. The smallest absolute Gasteiger partial charge is 0.370 e. The number of thiazole rings is 1. The third-order valence-corrected chi connectivity index (χ3v) is 3.05. The highest BCUT2D eigenvalue weighted by atomic mass is 32.1. The predicted molar refractivity (Wildman–Crippen MR) is 70.9 cm³/mol. The standard InChI is InChI=1S/C11H12F3N5S/c1-15-10-18-8(11(12,13)14)4-9(19-10)16-3-2-7-5-20-6-17-7/h4-6H,2-3H2,1H3,(H2,15,16,18,19). The summed E-state index contributed by atoms with van der Waals surface area (Å²) in [5.41, 5.74) is 1.62. The van der Waals surface area contributed by atoms with Crippen LogP contribution >= 0.6 is 11.3 Å². The fourth-order valence-corrected chi connectivity index (χ4v) is 2.07. The minimum absolute atomic E-state index is 0.0732. The van der Waals surface area contributed by atoms with Crippen molar-refractivity contribution in [2.24, 2.45) is 0 Å². The minimum atomic E-state index is -4.50. The van der Waals surface area contributed by atoms with Gasteiger partial charge in [-0.05, 0) is 0 Å². The average Bonchev–Trinajstić information content (AvgIpc) is 2.90. The lowest BCUT2D eigenvalue weighted by Gasteiger charge is -2.11. The molecule has 108 valence electrons. The van der Waals surface area contributed by atoms with Gasteiger partial charge in [-0.3, -0.25) is 0 Å². The molecule has 0 fully saturated rings. The number of anilines is 2. The number of alkyl halides is 3. The fraction of sp³-hybridized carbons (Fsp3) is 0.364. The van der Waals surface area contributed by atoms with E-state index in [1.54, 1.807) is 5.51 Å². The van der Waals surface area contributed by atoms with Crippen LogP contribution in [0.5, 0.6) is 0 Å². The zero-order valence-electron chi connectivity index (χ0n) is 10.5. The van der Waals surface area contributed by atoms with Crippen LogP contribution in [0.2, 0.25) is 0 Å². The molecule has 0 amide bonds. The van der Waals surface area contributed by atoms with E-state index >= 15 is 0 Å². The maximum absolute atomic E-state index is 12.7. The molecule has 2 rings (SSSR count). The van der Waals surface area contributed by atoms with Crippen LogP contribution in [0.3, 0.4) is 0 Å². The molecule has 20 heavy (non-hydrogen) atoms. The van der Waals surface area contributed by atoms with Crippen LogP contribution in [0.15, 0.2) is 17.0 Å². The normalized spacial score (nSPS) is 11.4. The van der Waals surface area contributed by atoms with Crippen LogP contribution < -0.4 is 10.6 Å². The Kier molecular flexibility index (Phi) is 4.38. The van der Waals surface area contributed by atoms with Gasteiger partial charge in [-0.25, -0.2) is 9.97 Å². The van der Waals surface area contributed by atoms with Crippen molar-refractivity contribution in [1.82, 2.24) is 15.0 Å². The average molecular weight is 303 g/mol. The van der Waals surface area contributed by atoms with E-state index in [9.17, 15) is 13.2 Å². The third kappa shape index (κ3) is 3.80. The first kappa shape index (κ1) is 14.5. The highest BCUT2D eigenvalue weighted by Crippen LogP contribution is 2.29. The van der Waals surface area contributed by atoms with Crippen LogP contribution in [0.25, 0.3) is 0 Å². The molecule has 0 unspecified atom stereocenters. The molecule has 0 aromatic carbocycles. The molecular formula is C11H12F3N5S. The highest BCUT2D eigenvalue weighted by molar-refractivity contribution is 7.07. The van der Waals surface area contributed by atoms with Crippen LogP contribution in [-0.4, -0.2) is 28.5 Å². The van der Waals surface area contributed by atoms with Gasteiger partial charge in [-0.2, -0.15) is 18.2 Å². The van der Waals surface area contributed by atoms with Crippen molar-refractivity contribution >= 4 is 23.1 Å². The molecule has 0 aliphatic rings. The first-order valence-electron chi connectivity index (χ1n) is 5.74. The Hall–Kier alpha value is -1.90. The minimum Gasteiger partial charge on any atom is -0.370 e. The zero-order valence-corrected chi connectivity index (χ0v) is 11.3. The van der Waals surface area contributed by atoms with Crippen LogP contribution in [0, 0.1) is 0 Å². The summed E-state index contributed by atoms with van der Waals surface area (Å²) in [6.45, 7) is 0.446. The van der Waals surface area contributed by atoms with Crippen molar-refractivity contribution in [3.8, 4) is 0 Å². The van der Waals surface area contributed by atoms with E-state index < -0.39 is 11.9 Å². The first-order valence-corrected chi connectivity index (χ1v) is 6.68. The first-order chi connectivity index (χ1) is 9.49. The quantitative estimate of drug-likeness (QED) is 0.889. The predicted octanol–water partition coefficient (Wildman–Crippen LogP) is 2.65. The molecule has 2 heterocycles. The Morgan fingerprint density at radius 3 is 2.70 bits per heavy atom. The van der Waals surface area contributed by atoms with Crippen LogP contribution in [-0.2, 0) is 12.6 Å². The molecule has 0 spiro atoms. The summed E-state index contributed by atoms with van der Waals surface area (Å²) in [4.78, 5) is 11.4. The maximum atomic E-state index is 12.7. The summed E-state index contributed by atoms with van der Waals surface area (Å²) in [6, 6.07) is 0.891. The lowest BCUT2D eigenvalue weighted by atomic mass is 10.3. The number of hydrogen-bond donors (Lipinski definition) is 2. The maximum Gasteiger partial charge on any atom is 0.433 e. The molecule has 0 aliphatic carbocycles. The lowest BCUT2D eigenvalue weighted by Crippen LogP contribution is -2.14. The molecule has 0 bridgehead atoms. The number of aromatic nitrogens is 3. The van der Waals surface area contributed by atoms with Crippen molar-refractivity contribution < 1.29 is 13.2 Å². The van der Waals surface area contributed by atoms with Crippen molar-refractivity contribution in [2.45, 2.75) is 12.6 Å². The van der Waals surface area contributed by atoms with Gasteiger partial charge >= 0.3 is 6.18 Å². The van der Waals surface area contributed by atoms with Gasteiger partial charge in [-0.1, -0.05) is 0 Å². The zero-order chi connectivity index (χ0) is 14.6. The molecule has 5 nitrogen and oxygen atoms in total. The Labute approximate surface area is 117 Å². The highest BCUT2D eigenvalue weighted by Gasteiger charge is 2.33. The molecule has 0 radical (unpaired) electrons. The Morgan fingerprint density at radius 2 is 2.10 bits per heavy atom. The summed E-state index contributed by atoms with van der Waals surface area (Å²) < 4.78 is 38.0. The molecule has 0 saturated heterocycles. The SMILES string of the molecule is CNc1nc(NCCc2cscn2)cc(C(F)(F)F)n1. The largest absolute Gasteiger partial charge is 0.433 e. The monoisotopic (exact) mass is 303 g/mol. The van der Waals surface area contributed by atoms with E-state index in [4.69, 9.17) is 0 Å². The molecule has 2 aromatic heterocycles. The van der Waals surface area contributed by atoms with E-state index in [0.717, 1.165) is 11.8 Å². The summed E-state index contributed by atoms with van der Waals surface area (Å²) in [5.74, 6) is 0.0582. The Bertz CT molecular complexity index is 556. The molecule has 2 N–H and O–H groups in total. The van der Waals surface area contributed by atoms with Crippen molar-refractivity contribution in [2.75, 3.05) is 24.2 Å². The number of nitrogens with one attached hydrogen (secondary N) is 2. The summed E-state index contributed by atoms with van der Waals surface area (Å²) in [5, 5.41) is 7.25. The fourth-order valence-electron chi connectivity index (χ4n) is 1.47. The van der Waals surface area contributed by atoms with Gasteiger partial charge < -0.3 is 10.6 Å². The lowest BCUT2D eigenvalue weighted by molar-refractivity contribution is -0.141. The van der Waals surface area contributed by atoms with E-state index in [1.807, 2.05) is 5.38 Å². The van der Waals surface area contributed by atoms with E-state index in [-0.39, 0.29) is 11.8 Å². The van der Waals surface area contributed by atoms with Gasteiger partial charge in [0.2, 0.25) is 5.95 Å². The second-order valence-corrected chi connectivity index (χ2v) is 4.59. The van der Waals surface area contributed by atoms with Crippen LogP contribution in [0.4, 0.5) is 24.9 Å². The van der Waals surface area contributed by atoms with E-state index in [0.29, 0.717) is 13.0 Å². The number of nitrogens with zero attached hydrogens (tertiary/aromatic N) is 3. The van der Waals surface area contributed by atoms with E-state index in [1.165, 1.54) is 18.4 Å². The van der Waals surface area contributed by atoms with Crippen LogP contribution in [0.1, 0.15) is 11.4 Å². The number of rotatable bonds is 5. The summed E-state index contributed by atoms with van der Waals surface area (Å²) >= 11 is 1.47. The molecule has 0 saturated carbocycles. The van der Waals surface area contributed by atoms with Crippen molar-refractivity contribution in [3.05, 3.63) is 28.3 Å². The summed E-state index contributed by atoms with van der Waals surface area (Å²) in [6.07, 6.45) is -3.89. The molecule has 0 atom stereocenters. The van der Waals surface area contributed by atoms with Gasteiger partial charge in [0.25, 0.3) is 0 Å². The number of hydrogen-bond acceptors (Lipinski definition) is 6. The second kappa shape index (κ2) is 6.04. The molecule has 2 aromatic rings. The molecular weight excluding hydrogens is 291 g/mol. The third-order valence-electron chi connectivity index (χ3n) is 2.41. The van der Waals surface area contributed by atoms with Gasteiger partial charge in [0.05, 0.1) is 11.2 Å². The van der Waals surface area contributed by atoms with Crippen molar-refractivity contribution in [1.29, 1.82) is 0 Å². The van der Waals surface area contributed by atoms with E-state index in [2.05, 4.69) is 25.6 Å². The van der Waals surface area contributed by atoms with Gasteiger partial charge in [0, 0.05) is 31.5 Å². The summed E-state index contributed by atoms with van der Waals surface area (Å²) in [7, 11) is 1.47. The Morgan fingerprint density at radius 1 is 1.30 bits per heavy atom. The van der Waals surface area contributed by atoms with Gasteiger partial charge in [0.15, 0.2) is 5.69 Å².